The van der Waals surface area contributed by atoms with Crippen LogP contribution in [0, 0.1) is 5.92 Å². The van der Waals surface area contributed by atoms with Crippen LogP contribution in [0.25, 0.3) is 10.9 Å². The number of aliphatic imine (C=N–C) groups is 2. The Morgan fingerprint density at radius 2 is 1.25 bits per heavy atom. The Labute approximate surface area is 585 Å². The summed E-state index contributed by atoms with van der Waals surface area (Å²) < 4.78 is 8.22. The van der Waals surface area contributed by atoms with E-state index in [4.69, 9.17) is 44.8 Å². The third-order valence-electron chi connectivity index (χ3n) is 16.0. The third-order valence-corrected chi connectivity index (χ3v) is 17.3. The van der Waals surface area contributed by atoms with Gasteiger partial charge in [0, 0.05) is 56.0 Å². The molecule has 9 amide bonds. The van der Waals surface area contributed by atoms with E-state index in [0.29, 0.717) is 61.8 Å². The number of hydrogen-bond acceptors (Lipinski definition) is 21. The quantitative estimate of drug-likeness (QED) is 0.00989. The first-order valence-corrected chi connectivity index (χ1v) is 34.7. The summed E-state index contributed by atoms with van der Waals surface area (Å²) in [6.07, 6.45) is 4.31. The Morgan fingerprint density at radius 3 is 1.89 bits per heavy atom. The van der Waals surface area contributed by atoms with Crippen LogP contribution in [0.3, 0.4) is 0 Å². The van der Waals surface area contributed by atoms with E-state index >= 15 is 9.59 Å². The predicted molar refractivity (Wildman–Crippen MR) is 363 cm³/mol. The van der Waals surface area contributed by atoms with E-state index in [1.54, 1.807) is 62.5 Å². The van der Waals surface area contributed by atoms with Crippen LogP contribution in [-0.2, 0) is 97.4 Å². The van der Waals surface area contributed by atoms with Crippen LogP contribution >= 0.6 is 11.8 Å². The molecule has 19 N–H and O–H groups in total. The van der Waals surface area contributed by atoms with Gasteiger partial charge in [0.25, 0.3) is 0 Å². The molecule has 4 aromatic rings. The number of rotatable bonds is 34. The van der Waals surface area contributed by atoms with E-state index in [0.717, 1.165) is 41.5 Å². The number of aromatic nitrogens is 1. The molecule has 3 aromatic carbocycles. The summed E-state index contributed by atoms with van der Waals surface area (Å²) >= 11 is 7.07. The van der Waals surface area contributed by atoms with E-state index in [1.165, 1.54) is 24.1 Å². The van der Waals surface area contributed by atoms with Gasteiger partial charge in [0.1, 0.15) is 54.1 Å². The van der Waals surface area contributed by atoms with Crippen molar-refractivity contribution in [3.63, 3.8) is 0 Å². The van der Waals surface area contributed by atoms with E-state index in [2.05, 4.69) is 52.2 Å². The molecule has 1 saturated heterocycles. The number of aromatic amines is 1. The molecule has 0 unspecified atom stereocenters. The van der Waals surface area contributed by atoms with Gasteiger partial charge in [0.05, 0.1) is 11.8 Å². The monoisotopic (exact) mass is 1470 g/mol. The summed E-state index contributed by atoms with van der Waals surface area (Å²) in [5.74, 6) is -9.85. The minimum absolute atomic E-state index is 0.00855. The number of amides is 9. The number of unbranched alkanes of at least 4 members (excludes halogenated alkanes) is 3. The van der Waals surface area contributed by atoms with Crippen LogP contribution in [0.4, 0.5) is 0 Å². The van der Waals surface area contributed by atoms with Gasteiger partial charge >= 0.3 is 22.4 Å². The van der Waals surface area contributed by atoms with Crippen LogP contribution < -0.4 is 76.1 Å². The Bertz CT molecular complexity index is 3260. The molecule has 29 nitrogen and oxygen atoms in total. The Balaban J connectivity index is 0.00000990. The topological polar surface area (TPSA) is 495 Å². The molecule has 0 radical (unpaired) electrons. The Kier molecular flexibility index (Phi) is 36.5. The van der Waals surface area contributed by atoms with Crippen molar-refractivity contribution >= 4 is 100 Å². The van der Waals surface area contributed by atoms with Gasteiger partial charge in [-0.1, -0.05) is 74.5 Å². The second-order valence-electron chi connectivity index (χ2n) is 23.8. The molecule has 2 heterocycles. The molecule has 1 aromatic heterocycles. The van der Waals surface area contributed by atoms with Gasteiger partial charge in [0.15, 0.2) is 0 Å². The molecule has 32 heteroatoms. The zero-order valence-corrected chi connectivity index (χ0v) is 58.3. The van der Waals surface area contributed by atoms with Gasteiger partial charge in [-0.05, 0) is 142 Å². The van der Waals surface area contributed by atoms with Gasteiger partial charge in [-0.15, -0.1) is 5.75 Å². The molecule has 0 spiro atoms. The average Bonchev–Trinajstić information content (AvgIpc) is 1.76. The number of H-pyrrole nitrogens is 1. The molecule has 1 fully saturated rings. The van der Waals surface area contributed by atoms with Crippen molar-refractivity contribution in [3.8, 4) is 5.75 Å². The number of phenols is 1. The van der Waals surface area contributed by atoms with Crippen molar-refractivity contribution in [1.82, 2.24) is 47.1 Å². The number of nitrogens with one attached hydrogen (secondary N) is 8. The maximum absolute atomic E-state index is 15.2. The zero-order chi connectivity index (χ0) is 71.6. The second-order valence-corrected chi connectivity index (χ2v) is 25.2. The molecule has 10 atom stereocenters. The first-order valence-electron chi connectivity index (χ1n) is 32.2. The minimum atomic E-state index is -1.44. The van der Waals surface area contributed by atoms with Gasteiger partial charge < -0.3 is 104 Å². The molecule has 0 bridgehead atoms. The van der Waals surface area contributed by atoms with Gasteiger partial charge in [-0.3, -0.25) is 53.1 Å². The fourth-order valence-corrected chi connectivity index (χ4v) is 11.6. The first-order chi connectivity index (χ1) is 46.5. The number of para-hydroxylation sites is 1. The summed E-state index contributed by atoms with van der Waals surface area (Å²) in [5.41, 5.74) is 31.4. The first kappa shape index (κ1) is 81.6. The van der Waals surface area contributed by atoms with Crippen LogP contribution in [0.1, 0.15) is 94.7 Å². The van der Waals surface area contributed by atoms with Crippen molar-refractivity contribution in [1.29, 1.82) is 0 Å². The van der Waals surface area contributed by atoms with Gasteiger partial charge in [-0.2, -0.15) is 11.8 Å². The van der Waals surface area contributed by atoms with Gasteiger partial charge in [-0.25, -0.2) is 0 Å². The Morgan fingerprint density at radius 1 is 0.680 bits per heavy atom. The molecule has 1 aliphatic rings. The molecule has 530 valence electrons. The van der Waals surface area contributed by atoms with E-state index in [1.807, 2.05) is 24.3 Å². The molecule has 0 aliphatic carbocycles. The normalized spacial score (nSPS) is 19.9. The Hall–Kier alpha value is -7.84. The zero-order valence-electron chi connectivity index (χ0n) is 54.8. The van der Waals surface area contributed by atoms with Crippen molar-refractivity contribution in [3.05, 3.63) is 102 Å². The van der Waals surface area contributed by atoms with Crippen LogP contribution in [-0.4, -0.2) is 191 Å². The number of carbonyl (C=O) groups is 9. The summed E-state index contributed by atoms with van der Waals surface area (Å²) in [4.78, 5) is 140. The number of likely N-dealkylation sites (N-methyl/N-ethyl adjacent to an activating group) is 1. The third kappa shape index (κ3) is 27.2. The second kappa shape index (κ2) is 43.4. The molecule has 97 heavy (non-hydrogen) atoms. The van der Waals surface area contributed by atoms with E-state index in [-0.39, 0.29) is 81.0 Å². The number of carbonyl (C=O) groups excluding carboxylic acids is 9. The van der Waals surface area contributed by atoms with Crippen molar-refractivity contribution in [2.45, 2.75) is 158 Å². The fraction of sp³-hybridized carbons (Fsp3) is 0.523. The van der Waals surface area contributed by atoms with E-state index < -0.39 is 138 Å². The number of phenolic OH excluding ortho intramolecular Hbond substituents is 1. The summed E-state index contributed by atoms with van der Waals surface area (Å²) in [6.45, 7) is 3.85. The van der Waals surface area contributed by atoms with Crippen LogP contribution in [0.5, 0.6) is 5.75 Å². The number of thioether (sulfide) groups is 1. The van der Waals surface area contributed by atoms with Crippen LogP contribution in [0.15, 0.2) is 95.0 Å². The molecule has 1 aliphatic heterocycles. The SMILES string of the molecule is CC(C)[C@@H]1NC(=O)[C@H](CCCCN)NC(=O)[C@@H](Cc2c[nH]c3ccccc23)NC(=O)[C@H](Cc2ccc(O)cc2)NC(=O)[C@H](Cc2ccccc2)N(C)C(=O)[C@H](CCSCC(=O)NC[C@H](N)C([O-])=N[C@@H](CCCCN)C([O-])=N[C@@H](C[S-])C(=O)N[C@@H](CCCCN)C(N)=O)NC1=O.[O]=[99Tc+3]. The maximum atomic E-state index is 15.2. The van der Waals surface area contributed by atoms with Crippen molar-refractivity contribution in [2.24, 2.45) is 44.6 Å². The predicted octanol–water partition coefficient (Wildman–Crippen LogP) is -2.57. The molecule has 0 saturated carbocycles. The number of aromatic hydroxyl groups is 1. The number of hydrogen-bond donors (Lipinski definition) is 14. The summed E-state index contributed by atoms with van der Waals surface area (Å²) in [7, 11) is 1.38. The number of fused-ring (bicyclic) bond motifs is 1. The molecular formula is C65H93N16O13S2Tc. The van der Waals surface area contributed by atoms with Crippen molar-refractivity contribution in [2.75, 3.05) is 50.5 Å². The average molecular weight is 1470 g/mol. The number of primary amides is 1. The number of benzene rings is 3. The van der Waals surface area contributed by atoms with E-state index in [9.17, 15) is 48.9 Å². The fourth-order valence-electron chi connectivity index (χ4n) is 10.5. The van der Waals surface area contributed by atoms with Gasteiger partial charge in [0.2, 0.25) is 53.2 Å². The summed E-state index contributed by atoms with van der Waals surface area (Å²) in [5, 5.41) is 57.2. The number of nitrogens with two attached hydrogens (primary N) is 5. The summed E-state index contributed by atoms with van der Waals surface area (Å²) in [6, 6.07) is 8.79. The standard InChI is InChI=1S/C65H96N16O12S2.O.Tc/c1-38(2)55-64(92)76-49(26-30-95-37-54(83)72-35-44(69)57(85)74-47(20-10-13-28-67)58(86)79-52(36-94)62(90)73-46(56(70)84)19-9-12-27-66)65(93)81(3)53(32-39-15-5-4-6-16-39)63(91)78-50(31-40-22-24-42(82)25-23-40)60(88)77-51(33-41-34-71-45-18-8-7-17-43(41)45)61(89)75-48(59(87)80-55)21-11-14-29-68;;/h4-8,15-18,22-25,34,38,44,46-53,55,71,82,94H,9-14,19-21,26-33,35-37,66-69H2,1-3H3,(H2,70,84)(H,72,83)(H,73,90)(H,74,85)(H,75,89)(H,76,92)(H,77,88)(H,78,91)(H,79,86)(H,80,87);;/q;;+3/p-3/t44-,46-,47-,48-,49-,50-,51+,52-,53-,55-;;/m0../s1/i;;1+1. The molecule has 5 rings (SSSR count). The van der Waals surface area contributed by atoms with Crippen molar-refractivity contribution < 1.29 is 80.8 Å². The number of nitrogens with zero attached hydrogens (tertiary/aromatic N) is 3. The van der Waals surface area contributed by atoms with Crippen LogP contribution in [0.2, 0.25) is 0 Å². The molecular weight excluding hydrogens is 1380 g/mol.